The Balaban J connectivity index is 1.57. The van der Waals surface area contributed by atoms with Gasteiger partial charge < -0.3 is 10.1 Å². The normalized spacial score (nSPS) is 14.9. The lowest BCUT2D eigenvalue weighted by atomic mass is 10.0. The second-order valence-electron chi connectivity index (χ2n) is 6.26. The number of carbonyl (C=O) groups is 1. The molecule has 0 aromatic heterocycles. The molecular weight excluding hydrogens is 305 g/mol. The fourth-order valence-electron chi connectivity index (χ4n) is 2.93. The number of aryl methyl sites for hydroxylation is 1. The SMILES string of the molecule is COc1ccc(CCC(=O)NC(c2ccccc2)C2CC2)cc1F. The minimum Gasteiger partial charge on any atom is -0.494 e. The maximum absolute atomic E-state index is 13.7. The summed E-state index contributed by atoms with van der Waals surface area (Å²) in [6.07, 6.45) is 3.17. The van der Waals surface area contributed by atoms with Gasteiger partial charge in [0, 0.05) is 6.42 Å². The largest absolute Gasteiger partial charge is 0.494 e. The maximum Gasteiger partial charge on any atom is 0.220 e. The molecular formula is C20H22FNO2. The standard InChI is InChI=1S/C20H22FNO2/c1-24-18-11-7-14(13-17(18)21)8-12-19(23)22-20(16-9-10-16)15-5-3-2-4-6-15/h2-7,11,13,16,20H,8-10,12H2,1H3,(H,22,23). The molecule has 1 fully saturated rings. The Labute approximate surface area is 141 Å². The highest BCUT2D eigenvalue weighted by Gasteiger charge is 2.33. The minimum atomic E-state index is -0.393. The number of carbonyl (C=O) groups excluding carboxylic acids is 1. The first-order valence-electron chi connectivity index (χ1n) is 8.34. The molecule has 0 aliphatic heterocycles. The van der Waals surface area contributed by atoms with Crippen LogP contribution in [0.25, 0.3) is 0 Å². The first-order chi connectivity index (χ1) is 11.7. The third kappa shape index (κ3) is 4.13. The third-order valence-corrected chi connectivity index (χ3v) is 4.43. The summed E-state index contributed by atoms with van der Waals surface area (Å²) < 4.78 is 18.6. The summed E-state index contributed by atoms with van der Waals surface area (Å²) >= 11 is 0. The van der Waals surface area contributed by atoms with Crippen molar-refractivity contribution in [2.45, 2.75) is 31.7 Å². The van der Waals surface area contributed by atoms with Crippen LogP contribution in [0.5, 0.6) is 5.75 Å². The Hall–Kier alpha value is -2.36. The molecule has 3 rings (SSSR count). The van der Waals surface area contributed by atoms with Crippen molar-refractivity contribution >= 4 is 5.91 Å². The van der Waals surface area contributed by atoms with E-state index in [0.717, 1.165) is 24.0 Å². The van der Waals surface area contributed by atoms with Gasteiger partial charge in [-0.25, -0.2) is 4.39 Å². The number of halogens is 1. The first kappa shape index (κ1) is 16.5. The predicted octanol–water partition coefficient (Wildman–Crippen LogP) is 4.03. The van der Waals surface area contributed by atoms with E-state index < -0.39 is 5.82 Å². The molecule has 0 radical (unpaired) electrons. The van der Waals surface area contributed by atoms with Gasteiger partial charge in [0.25, 0.3) is 0 Å². The zero-order valence-corrected chi connectivity index (χ0v) is 13.8. The van der Waals surface area contributed by atoms with E-state index in [-0.39, 0.29) is 17.7 Å². The molecule has 0 bridgehead atoms. The van der Waals surface area contributed by atoms with Gasteiger partial charge >= 0.3 is 0 Å². The van der Waals surface area contributed by atoms with E-state index in [0.29, 0.717) is 18.8 Å². The topological polar surface area (TPSA) is 38.3 Å². The van der Waals surface area contributed by atoms with Crippen molar-refractivity contribution in [2.24, 2.45) is 5.92 Å². The average Bonchev–Trinajstić information content (AvgIpc) is 3.43. The summed E-state index contributed by atoms with van der Waals surface area (Å²) in [4.78, 5) is 12.3. The number of methoxy groups -OCH3 is 1. The molecule has 2 aromatic rings. The highest BCUT2D eigenvalue weighted by Crippen LogP contribution is 2.40. The number of hydrogen-bond donors (Lipinski definition) is 1. The van der Waals surface area contributed by atoms with Crippen molar-refractivity contribution in [2.75, 3.05) is 7.11 Å². The van der Waals surface area contributed by atoms with E-state index in [2.05, 4.69) is 17.4 Å². The van der Waals surface area contributed by atoms with Gasteiger partial charge in [-0.15, -0.1) is 0 Å². The molecule has 0 saturated heterocycles. The molecule has 1 aliphatic carbocycles. The second kappa shape index (κ2) is 7.47. The highest BCUT2D eigenvalue weighted by atomic mass is 19.1. The molecule has 126 valence electrons. The Morgan fingerprint density at radius 2 is 2.00 bits per heavy atom. The lowest BCUT2D eigenvalue weighted by Gasteiger charge is -2.19. The number of nitrogens with one attached hydrogen (secondary N) is 1. The molecule has 2 aromatic carbocycles. The van der Waals surface area contributed by atoms with E-state index in [9.17, 15) is 9.18 Å². The molecule has 0 heterocycles. The minimum absolute atomic E-state index is 0.00646. The van der Waals surface area contributed by atoms with Crippen LogP contribution in [0.3, 0.4) is 0 Å². The smallest absolute Gasteiger partial charge is 0.220 e. The number of rotatable bonds is 7. The van der Waals surface area contributed by atoms with Gasteiger partial charge in [0.2, 0.25) is 5.91 Å². The molecule has 1 unspecified atom stereocenters. The molecule has 24 heavy (non-hydrogen) atoms. The van der Waals surface area contributed by atoms with Gasteiger partial charge in [0.15, 0.2) is 11.6 Å². The van der Waals surface area contributed by atoms with Crippen LogP contribution in [0, 0.1) is 11.7 Å². The van der Waals surface area contributed by atoms with E-state index >= 15 is 0 Å². The van der Waals surface area contributed by atoms with Crippen molar-refractivity contribution in [3.63, 3.8) is 0 Å². The summed E-state index contributed by atoms with van der Waals surface area (Å²) in [5.41, 5.74) is 1.95. The van der Waals surface area contributed by atoms with Crippen LogP contribution < -0.4 is 10.1 Å². The first-order valence-corrected chi connectivity index (χ1v) is 8.34. The zero-order chi connectivity index (χ0) is 16.9. The van der Waals surface area contributed by atoms with Crippen LogP contribution in [0.4, 0.5) is 4.39 Å². The van der Waals surface area contributed by atoms with Crippen molar-refractivity contribution in [3.05, 3.63) is 65.5 Å². The van der Waals surface area contributed by atoms with E-state index in [4.69, 9.17) is 4.74 Å². The van der Waals surface area contributed by atoms with Gasteiger partial charge in [-0.3, -0.25) is 4.79 Å². The molecule has 1 aliphatic rings. The Morgan fingerprint density at radius 3 is 2.62 bits per heavy atom. The van der Waals surface area contributed by atoms with E-state index in [1.165, 1.54) is 13.2 Å². The number of ether oxygens (including phenoxy) is 1. The monoisotopic (exact) mass is 327 g/mol. The summed E-state index contributed by atoms with van der Waals surface area (Å²) in [6, 6.07) is 15.0. The van der Waals surface area contributed by atoms with Crippen LogP contribution >= 0.6 is 0 Å². The van der Waals surface area contributed by atoms with E-state index in [1.54, 1.807) is 12.1 Å². The van der Waals surface area contributed by atoms with Gasteiger partial charge in [0.1, 0.15) is 0 Å². The van der Waals surface area contributed by atoms with Gasteiger partial charge in [-0.2, -0.15) is 0 Å². The summed E-state index contributed by atoms with van der Waals surface area (Å²) in [5, 5.41) is 3.15. The van der Waals surface area contributed by atoms with Crippen molar-refractivity contribution in [1.82, 2.24) is 5.32 Å². The number of hydrogen-bond acceptors (Lipinski definition) is 2. The summed E-state index contributed by atoms with van der Waals surface area (Å²) in [5.74, 6) is 0.374. The van der Waals surface area contributed by atoms with Crippen LogP contribution in [-0.2, 0) is 11.2 Å². The highest BCUT2D eigenvalue weighted by molar-refractivity contribution is 5.76. The van der Waals surface area contributed by atoms with Crippen LogP contribution in [0.2, 0.25) is 0 Å². The zero-order valence-electron chi connectivity index (χ0n) is 13.8. The molecule has 1 atom stereocenters. The summed E-state index contributed by atoms with van der Waals surface area (Å²) in [6.45, 7) is 0. The van der Waals surface area contributed by atoms with Gasteiger partial charge in [0.05, 0.1) is 13.2 Å². The molecule has 1 N–H and O–H groups in total. The third-order valence-electron chi connectivity index (χ3n) is 4.43. The Morgan fingerprint density at radius 1 is 1.25 bits per heavy atom. The lowest BCUT2D eigenvalue weighted by molar-refractivity contribution is -0.122. The molecule has 1 amide bonds. The second-order valence-corrected chi connectivity index (χ2v) is 6.26. The average molecular weight is 327 g/mol. The molecule has 0 spiro atoms. The van der Waals surface area contributed by atoms with Crippen LogP contribution in [0.15, 0.2) is 48.5 Å². The van der Waals surface area contributed by atoms with Crippen LogP contribution in [-0.4, -0.2) is 13.0 Å². The van der Waals surface area contributed by atoms with E-state index in [1.807, 2.05) is 18.2 Å². The lowest BCUT2D eigenvalue weighted by Crippen LogP contribution is -2.30. The van der Waals surface area contributed by atoms with Crippen LogP contribution in [0.1, 0.15) is 36.4 Å². The Bertz CT molecular complexity index is 698. The number of amides is 1. The van der Waals surface area contributed by atoms with Gasteiger partial charge in [-0.05, 0) is 48.4 Å². The number of benzene rings is 2. The van der Waals surface area contributed by atoms with Crippen molar-refractivity contribution in [3.8, 4) is 5.75 Å². The fraction of sp³-hybridized carbons (Fsp3) is 0.350. The van der Waals surface area contributed by atoms with Crippen molar-refractivity contribution < 1.29 is 13.9 Å². The summed E-state index contributed by atoms with van der Waals surface area (Å²) in [7, 11) is 1.44. The molecule has 4 heteroatoms. The fourth-order valence-corrected chi connectivity index (χ4v) is 2.93. The quantitative estimate of drug-likeness (QED) is 0.833. The Kier molecular flexibility index (Phi) is 5.14. The van der Waals surface area contributed by atoms with Crippen molar-refractivity contribution in [1.29, 1.82) is 0 Å². The molecule has 3 nitrogen and oxygen atoms in total. The maximum atomic E-state index is 13.7. The van der Waals surface area contributed by atoms with Gasteiger partial charge in [-0.1, -0.05) is 36.4 Å². The predicted molar refractivity (Wildman–Crippen MR) is 91.3 cm³/mol. The molecule has 1 saturated carbocycles.